The maximum absolute atomic E-state index is 12.4. The molecule has 0 saturated carbocycles. The number of hydrogen-bond acceptors (Lipinski definition) is 4. The molecule has 1 aliphatic rings. The van der Waals surface area contributed by atoms with Crippen molar-refractivity contribution >= 4 is 11.8 Å². The predicted octanol–water partition coefficient (Wildman–Crippen LogP) is 1.16. The first-order valence-electron chi connectivity index (χ1n) is 8.41. The van der Waals surface area contributed by atoms with Gasteiger partial charge in [-0.2, -0.15) is 0 Å². The van der Waals surface area contributed by atoms with Gasteiger partial charge in [0.2, 0.25) is 11.8 Å². The molecule has 132 valence electrons. The number of benzene rings is 1. The first-order valence-corrected chi connectivity index (χ1v) is 8.41. The Morgan fingerprint density at radius 3 is 2.67 bits per heavy atom. The van der Waals surface area contributed by atoms with Crippen LogP contribution in [-0.2, 0) is 16.1 Å². The van der Waals surface area contributed by atoms with Gasteiger partial charge in [-0.25, -0.2) is 0 Å². The van der Waals surface area contributed by atoms with E-state index in [0.717, 1.165) is 37.2 Å². The third-order valence-corrected chi connectivity index (χ3v) is 4.67. The lowest BCUT2D eigenvalue weighted by molar-refractivity contribution is -0.128. The Kier molecular flexibility index (Phi) is 6.61. The van der Waals surface area contributed by atoms with Gasteiger partial charge in [0, 0.05) is 19.5 Å². The average molecular weight is 333 g/mol. The summed E-state index contributed by atoms with van der Waals surface area (Å²) in [5, 5.41) is 5.68. The van der Waals surface area contributed by atoms with E-state index in [1.54, 1.807) is 14.2 Å². The molecule has 1 aliphatic heterocycles. The lowest BCUT2D eigenvalue weighted by Crippen LogP contribution is -2.49. The molecule has 2 amide bonds. The van der Waals surface area contributed by atoms with Crippen molar-refractivity contribution in [1.82, 2.24) is 15.5 Å². The largest absolute Gasteiger partial charge is 0.497 e. The number of hydrogen-bond donors (Lipinski definition) is 2. The molecule has 1 aromatic rings. The van der Waals surface area contributed by atoms with Gasteiger partial charge in [0.05, 0.1) is 13.2 Å². The van der Waals surface area contributed by atoms with E-state index in [1.807, 2.05) is 31.2 Å². The lowest BCUT2D eigenvalue weighted by Gasteiger charge is -2.34. The van der Waals surface area contributed by atoms with Crippen LogP contribution in [0.4, 0.5) is 0 Å². The Bertz CT molecular complexity index is 568. The number of ether oxygens (including phenoxy) is 1. The van der Waals surface area contributed by atoms with Crippen LogP contribution in [-0.4, -0.2) is 50.0 Å². The van der Waals surface area contributed by atoms with Gasteiger partial charge in [0.25, 0.3) is 0 Å². The van der Waals surface area contributed by atoms with Gasteiger partial charge in [-0.15, -0.1) is 0 Å². The van der Waals surface area contributed by atoms with E-state index in [0.29, 0.717) is 6.54 Å². The molecule has 2 N–H and O–H groups in total. The Balaban J connectivity index is 1.81. The van der Waals surface area contributed by atoms with Gasteiger partial charge in [-0.3, -0.25) is 14.5 Å². The first kappa shape index (κ1) is 18.3. The van der Waals surface area contributed by atoms with Gasteiger partial charge in [-0.1, -0.05) is 12.1 Å². The van der Waals surface area contributed by atoms with Gasteiger partial charge >= 0.3 is 0 Å². The third kappa shape index (κ3) is 4.71. The Hall–Kier alpha value is -2.08. The zero-order valence-electron chi connectivity index (χ0n) is 14.7. The highest BCUT2D eigenvalue weighted by Crippen LogP contribution is 2.19. The number of nitrogens with zero attached hydrogens (tertiary/aromatic N) is 1. The molecular formula is C18H27N3O3. The molecule has 1 fully saturated rings. The molecule has 1 atom stereocenters. The van der Waals surface area contributed by atoms with Crippen molar-refractivity contribution in [2.75, 3.05) is 27.2 Å². The topological polar surface area (TPSA) is 70.7 Å². The minimum atomic E-state index is -0.193. The number of nitrogens with one attached hydrogen (secondary N) is 2. The van der Waals surface area contributed by atoms with Crippen LogP contribution in [0.3, 0.4) is 0 Å². The predicted molar refractivity (Wildman–Crippen MR) is 92.7 cm³/mol. The maximum Gasteiger partial charge on any atom is 0.237 e. The third-order valence-electron chi connectivity index (χ3n) is 4.67. The lowest BCUT2D eigenvalue weighted by atomic mass is 9.95. The fraction of sp³-hybridized carbons (Fsp3) is 0.556. The molecule has 6 nitrogen and oxygen atoms in total. The molecule has 1 aromatic carbocycles. The zero-order chi connectivity index (χ0) is 17.5. The maximum atomic E-state index is 12.4. The summed E-state index contributed by atoms with van der Waals surface area (Å²) in [5.74, 6) is 0.963. The summed E-state index contributed by atoms with van der Waals surface area (Å²) in [6, 6.07) is 7.47. The summed E-state index contributed by atoms with van der Waals surface area (Å²) < 4.78 is 5.19. The van der Waals surface area contributed by atoms with Gasteiger partial charge in [0.1, 0.15) is 5.75 Å². The molecule has 0 aromatic heterocycles. The van der Waals surface area contributed by atoms with Crippen molar-refractivity contribution in [3.63, 3.8) is 0 Å². The Morgan fingerprint density at radius 2 is 2.04 bits per heavy atom. The molecule has 2 rings (SSSR count). The number of methoxy groups -OCH3 is 1. The second-order valence-corrected chi connectivity index (χ2v) is 6.17. The number of carbonyl (C=O) groups excluding carboxylic acids is 2. The molecule has 1 unspecified atom stereocenters. The fourth-order valence-corrected chi connectivity index (χ4v) is 3.04. The molecular weight excluding hydrogens is 306 g/mol. The van der Waals surface area contributed by atoms with Crippen LogP contribution >= 0.6 is 0 Å². The van der Waals surface area contributed by atoms with Crippen LogP contribution in [0.15, 0.2) is 24.3 Å². The van der Waals surface area contributed by atoms with Crippen molar-refractivity contribution < 1.29 is 14.3 Å². The quantitative estimate of drug-likeness (QED) is 0.819. The van der Waals surface area contributed by atoms with Crippen molar-refractivity contribution in [2.24, 2.45) is 5.92 Å². The smallest absolute Gasteiger partial charge is 0.237 e. The second kappa shape index (κ2) is 8.68. The minimum absolute atomic E-state index is 0.0104. The van der Waals surface area contributed by atoms with Crippen LogP contribution in [0.5, 0.6) is 5.75 Å². The first-order chi connectivity index (χ1) is 11.5. The molecule has 1 saturated heterocycles. The van der Waals surface area contributed by atoms with Crippen LogP contribution in [0.1, 0.15) is 25.3 Å². The van der Waals surface area contributed by atoms with E-state index in [-0.39, 0.29) is 23.8 Å². The van der Waals surface area contributed by atoms with E-state index in [4.69, 9.17) is 4.74 Å². The Morgan fingerprint density at radius 1 is 1.33 bits per heavy atom. The second-order valence-electron chi connectivity index (χ2n) is 6.17. The van der Waals surface area contributed by atoms with E-state index >= 15 is 0 Å². The van der Waals surface area contributed by atoms with E-state index in [1.165, 1.54) is 0 Å². The van der Waals surface area contributed by atoms with E-state index in [2.05, 4.69) is 15.5 Å². The van der Waals surface area contributed by atoms with Crippen LogP contribution < -0.4 is 15.4 Å². The fourth-order valence-electron chi connectivity index (χ4n) is 3.04. The highest BCUT2D eigenvalue weighted by molar-refractivity contribution is 5.81. The molecule has 0 bridgehead atoms. The normalized spacial score (nSPS) is 17.1. The summed E-state index contributed by atoms with van der Waals surface area (Å²) >= 11 is 0. The van der Waals surface area contributed by atoms with Crippen LogP contribution in [0.2, 0.25) is 0 Å². The standard InChI is InChI=1S/C18H27N3O3/c1-13(21-9-7-15(8-10-21)18(23)19-2)17(22)20-12-14-5-4-6-16(11-14)24-3/h4-6,11,13,15H,7-10,12H2,1-3H3,(H,19,23)(H,20,22). The van der Waals surface area contributed by atoms with Crippen molar-refractivity contribution in [1.29, 1.82) is 0 Å². The van der Waals surface area contributed by atoms with Crippen molar-refractivity contribution in [3.05, 3.63) is 29.8 Å². The zero-order valence-corrected chi connectivity index (χ0v) is 14.7. The summed E-state index contributed by atoms with van der Waals surface area (Å²) in [4.78, 5) is 26.2. The number of piperidine rings is 1. The summed E-state index contributed by atoms with van der Waals surface area (Å²) in [6.45, 7) is 3.94. The SMILES string of the molecule is CNC(=O)C1CCN(C(C)C(=O)NCc2cccc(OC)c2)CC1. The molecule has 6 heteroatoms. The van der Waals surface area contributed by atoms with E-state index in [9.17, 15) is 9.59 Å². The monoisotopic (exact) mass is 333 g/mol. The van der Waals surface area contributed by atoms with Gasteiger partial charge < -0.3 is 15.4 Å². The summed E-state index contributed by atoms with van der Waals surface area (Å²) in [7, 11) is 3.30. The molecule has 24 heavy (non-hydrogen) atoms. The Labute approximate surface area is 143 Å². The van der Waals surface area contributed by atoms with Gasteiger partial charge in [-0.05, 0) is 50.6 Å². The summed E-state index contributed by atoms with van der Waals surface area (Å²) in [6.07, 6.45) is 1.60. The molecule has 1 heterocycles. The molecule has 0 spiro atoms. The number of rotatable bonds is 6. The van der Waals surface area contributed by atoms with Crippen molar-refractivity contribution in [3.8, 4) is 5.75 Å². The highest BCUT2D eigenvalue weighted by Gasteiger charge is 2.29. The van der Waals surface area contributed by atoms with Gasteiger partial charge in [0.15, 0.2) is 0 Å². The van der Waals surface area contributed by atoms with Crippen LogP contribution in [0, 0.1) is 5.92 Å². The summed E-state index contributed by atoms with van der Waals surface area (Å²) in [5.41, 5.74) is 1.01. The molecule has 0 aliphatic carbocycles. The minimum Gasteiger partial charge on any atom is -0.497 e. The number of carbonyl (C=O) groups is 2. The van der Waals surface area contributed by atoms with Crippen LogP contribution in [0.25, 0.3) is 0 Å². The van der Waals surface area contributed by atoms with E-state index < -0.39 is 0 Å². The van der Waals surface area contributed by atoms with Crippen molar-refractivity contribution in [2.45, 2.75) is 32.4 Å². The number of amides is 2. The number of likely N-dealkylation sites (tertiary alicyclic amines) is 1. The average Bonchev–Trinajstić information content (AvgIpc) is 2.65. The molecule has 0 radical (unpaired) electrons. The highest BCUT2D eigenvalue weighted by atomic mass is 16.5.